The minimum Gasteiger partial charge on any atom is -0.271 e. The quantitative estimate of drug-likeness (QED) is 0.670. The van der Waals surface area contributed by atoms with Crippen molar-refractivity contribution in [2.45, 2.75) is 25.9 Å². The molecule has 102 valence electrons. The summed E-state index contributed by atoms with van der Waals surface area (Å²) in [5.74, 6) is 5.25. The maximum Gasteiger partial charge on any atom is 0.128 e. The van der Waals surface area contributed by atoms with E-state index in [9.17, 15) is 4.39 Å². The fraction of sp³-hybridized carbons (Fsp3) is 0.308. The van der Waals surface area contributed by atoms with Crippen LogP contribution in [0, 0.1) is 5.82 Å². The van der Waals surface area contributed by atoms with Gasteiger partial charge in [-0.15, -0.1) is 0 Å². The Labute approximate surface area is 116 Å². The Morgan fingerprint density at radius 1 is 1.37 bits per heavy atom. The van der Waals surface area contributed by atoms with Crippen LogP contribution in [0.2, 0.25) is 5.02 Å². The van der Waals surface area contributed by atoms with Gasteiger partial charge in [-0.05, 0) is 19.9 Å². The summed E-state index contributed by atoms with van der Waals surface area (Å²) < 4.78 is 15.7. The lowest BCUT2D eigenvalue weighted by Crippen LogP contribution is -2.32. The van der Waals surface area contributed by atoms with Crippen molar-refractivity contribution < 1.29 is 4.39 Å². The summed E-state index contributed by atoms with van der Waals surface area (Å²) in [6.07, 6.45) is 1.54. The van der Waals surface area contributed by atoms with Gasteiger partial charge in [0, 0.05) is 11.6 Å². The molecule has 2 rings (SSSR count). The van der Waals surface area contributed by atoms with Crippen LogP contribution in [-0.2, 0) is 0 Å². The highest BCUT2D eigenvalue weighted by Crippen LogP contribution is 2.30. The molecule has 0 bridgehead atoms. The third-order valence-corrected chi connectivity index (χ3v) is 3.22. The molecule has 0 spiro atoms. The number of nitrogens with zero attached hydrogens (tertiary/aromatic N) is 2. The van der Waals surface area contributed by atoms with Crippen LogP contribution in [0.5, 0.6) is 0 Å². The summed E-state index contributed by atoms with van der Waals surface area (Å²) >= 11 is 6.16. The predicted octanol–water partition coefficient (Wildman–Crippen LogP) is 2.81. The fourth-order valence-corrected chi connectivity index (χ4v) is 2.30. The molecule has 0 aliphatic carbocycles. The SMILES string of the molecule is CC(C)n1ncc(Cl)c1C(NN)c1ccccc1F. The number of benzene rings is 1. The largest absolute Gasteiger partial charge is 0.271 e. The van der Waals surface area contributed by atoms with Crippen LogP contribution in [0.15, 0.2) is 30.5 Å². The molecule has 0 saturated carbocycles. The van der Waals surface area contributed by atoms with Gasteiger partial charge in [0.2, 0.25) is 0 Å². The average molecular weight is 283 g/mol. The van der Waals surface area contributed by atoms with E-state index in [1.54, 1.807) is 29.1 Å². The van der Waals surface area contributed by atoms with Gasteiger partial charge in [0.25, 0.3) is 0 Å². The van der Waals surface area contributed by atoms with Gasteiger partial charge in [-0.2, -0.15) is 5.10 Å². The molecule has 3 N–H and O–H groups in total. The molecule has 0 amide bonds. The second kappa shape index (κ2) is 5.69. The normalized spacial score (nSPS) is 12.9. The molecular formula is C13H16ClFN4. The highest BCUT2D eigenvalue weighted by atomic mass is 35.5. The van der Waals surface area contributed by atoms with Gasteiger partial charge in [-0.1, -0.05) is 29.8 Å². The van der Waals surface area contributed by atoms with E-state index in [4.69, 9.17) is 17.4 Å². The van der Waals surface area contributed by atoms with E-state index in [0.29, 0.717) is 16.3 Å². The molecule has 1 heterocycles. The Balaban J connectivity index is 2.55. The molecule has 0 saturated heterocycles. The summed E-state index contributed by atoms with van der Waals surface area (Å²) in [6, 6.07) is 6.02. The van der Waals surface area contributed by atoms with Gasteiger partial charge in [0.15, 0.2) is 0 Å². The Morgan fingerprint density at radius 3 is 2.63 bits per heavy atom. The van der Waals surface area contributed by atoms with Gasteiger partial charge < -0.3 is 0 Å². The Bertz CT molecular complexity index is 568. The van der Waals surface area contributed by atoms with Crippen molar-refractivity contribution in [1.29, 1.82) is 0 Å². The summed E-state index contributed by atoms with van der Waals surface area (Å²) in [5, 5.41) is 4.66. The third kappa shape index (κ3) is 2.63. The summed E-state index contributed by atoms with van der Waals surface area (Å²) in [5.41, 5.74) is 3.71. The van der Waals surface area contributed by atoms with E-state index in [0.717, 1.165) is 0 Å². The second-order valence-electron chi connectivity index (χ2n) is 4.54. The van der Waals surface area contributed by atoms with Crippen molar-refractivity contribution in [2.75, 3.05) is 0 Å². The Morgan fingerprint density at radius 2 is 2.05 bits per heavy atom. The van der Waals surface area contributed by atoms with E-state index in [2.05, 4.69) is 10.5 Å². The molecule has 1 aromatic carbocycles. The predicted molar refractivity (Wildman–Crippen MR) is 73.2 cm³/mol. The molecule has 1 unspecified atom stereocenters. The van der Waals surface area contributed by atoms with Crippen molar-refractivity contribution in [3.05, 3.63) is 52.6 Å². The first-order chi connectivity index (χ1) is 9.06. The molecule has 19 heavy (non-hydrogen) atoms. The molecule has 4 nitrogen and oxygen atoms in total. The smallest absolute Gasteiger partial charge is 0.128 e. The van der Waals surface area contributed by atoms with Crippen LogP contribution in [0.3, 0.4) is 0 Å². The number of hydrazine groups is 1. The lowest BCUT2D eigenvalue weighted by atomic mass is 10.0. The fourth-order valence-electron chi connectivity index (χ4n) is 2.06. The van der Waals surface area contributed by atoms with Crippen LogP contribution in [-0.4, -0.2) is 9.78 Å². The molecule has 6 heteroatoms. The van der Waals surface area contributed by atoms with Crippen molar-refractivity contribution in [3.63, 3.8) is 0 Å². The topological polar surface area (TPSA) is 55.9 Å². The number of nitrogens with two attached hydrogens (primary N) is 1. The molecule has 0 fully saturated rings. The Hall–Kier alpha value is -1.43. The molecule has 0 aliphatic rings. The van der Waals surface area contributed by atoms with Gasteiger partial charge in [-0.3, -0.25) is 10.5 Å². The molecular weight excluding hydrogens is 267 g/mol. The number of halogens is 2. The van der Waals surface area contributed by atoms with Crippen molar-refractivity contribution in [3.8, 4) is 0 Å². The number of hydrogen-bond acceptors (Lipinski definition) is 3. The highest BCUT2D eigenvalue weighted by Gasteiger charge is 2.24. The molecule has 0 aliphatic heterocycles. The zero-order valence-corrected chi connectivity index (χ0v) is 11.5. The van der Waals surface area contributed by atoms with E-state index in [1.165, 1.54) is 6.07 Å². The third-order valence-electron chi connectivity index (χ3n) is 2.93. The van der Waals surface area contributed by atoms with Crippen LogP contribution in [0.25, 0.3) is 0 Å². The number of aromatic nitrogens is 2. The van der Waals surface area contributed by atoms with E-state index in [-0.39, 0.29) is 11.9 Å². The monoisotopic (exact) mass is 282 g/mol. The molecule has 0 radical (unpaired) electrons. The van der Waals surface area contributed by atoms with Crippen molar-refractivity contribution in [2.24, 2.45) is 5.84 Å². The van der Waals surface area contributed by atoms with Gasteiger partial charge in [-0.25, -0.2) is 9.82 Å². The average Bonchev–Trinajstić information content (AvgIpc) is 2.75. The summed E-state index contributed by atoms with van der Waals surface area (Å²) in [7, 11) is 0. The molecule has 2 aromatic rings. The minimum atomic E-state index is -0.543. The van der Waals surface area contributed by atoms with E-state index in [1.807, 2.05) is 13.8 Å². The first-order valence-electron chi connectivity index (χ1n) is 5.99. The first-order valence-corrected chi connectivity index (χ1v) is 6.37. The lowest BCUT2D eigenvalue weighted by Gasteiger charge is -2.21. The zero-order valence-electron chi connectivity index (χ0n) is 10.8. The van der Waals surface area contributed by atoms with Gasteiger partial charge in [0.05, 0.1) is 23.0 Å². The van der Waals surface area contributed by atoms with Crippen molar-refractivity contribution >= 4 is 11.6 Å². The standard InChI is InChI=1S/C13H16ClFN4/c1-8(2)19-13(10(14)7-17-19)12(18-16)9-5-3-4-6-11(9)15/h3-8,12,18H,16H2,1-2H3. The summed E-state index contributed by atoms with van der Waals surface area (Å²) in [4.78, 5) is 0. The summed E-state index contributed by atoms with van der Waals surface area (Å²) in [6.45, 7) is 3.95. The molecule has 1 aromatic heterocycles. The highest BCUT2D eigenvalue weighted by molar-refractivity contribution is 6.31. The van der Waals surface area contributed by atoms with Crippen LogP contribution >= 0.6 is 11.6 Å². The lowest BCUT2D eigenvalue weighted by molar-refractivity contribution is 0.467. The first kappa shape index (κ1) is 14.0. The van der Waals surface area contributed by atoms with Crippen LogP contribution in [0.4, 0.5) is 4.39 Å². The minimum absolute atomic E-state index is 0.102. The number of nitrogens with one attached hydrogen (secondary N) is 1. The number of rotatable bonds is 4. The molecule has 1 atom stereocenters. The zero-order chi connectivity index (χ0) is 14.0. The Kier molecular flexibility index (Phi) is 4.19. The van der Waals surface area contributed by atoms with E-state index < -0.39 is 6.04 Å². The number of hydrogen-bond donors (Lipinski definition) is 2. The maximum absolute atomic E-state index is 13.9. The van der Waals surface area contributed by atoms with Gasteiger partial charge in [0.1, 0.15) is 5.82 Å². The van der Waals surface area contributed by atoms with Crippen molar-refractivity contribution in [1.82, 2.24) is 15.2 Å². The second-order valence-corrected chi connectivity index (χ2v) is 4.94. The maximum atomic E-state index is 13.9. The van der Waals surface area contributed by atoms with Gasteiger partial charge >= 0.3 is 0 Å². The van der Waals surface area contributed by atoms with Crippen LogP contribution < -0.4 is 11.3 Å². The van der Waals surface area contributed by atoms with E-state index >= 15 is 0 Å². The van der Waals surface area contributed by atoms with Crippen LogP contribution in [0.1, 0.15) is 37.2 Å².